The normalized spacial score (nSPS) is 10.5. The molecule has 0 radical (unpaired) electrons. The van der Waals surface area contributed by atoms with E-state index in [2.05, 4.69) is 6.92 Å². The Labute approximate surface area is 140 Å². The first-order valence-corrected chi connectivity index (χ1v) is 8.74. The Kier molecular flexibility index (Phi) is 9.03. The fraction of sp³-hybridized carbons (Fsp3) is 0.579. The van der Waals surface area contributed by atoms with Crippen LogP contribution in [0.25, 0.3) is 0 Å². The lowest BCUT2D eigenvalue weighted by atomic mass is 10.1. The van der Waals surface area contributed by atoms with Crippen LogP contribution in [-0.4, -0.2) is 23.3 Å². The lowest BCUT2D eigenvalue weighted by Gasteiger charge is -2.19. The molecule has 0 fully saturated rings. The molecule has 4 nitrogen and oxygen atoms in total. The highest BCUT2D eigenvalue weighted by atomic mass is 16.2. The van der Waals surface area contributed by atoms with Crippen LogP contribution in [0.5, 0.6) is 0 Å². The van der Waals surface area contributed by atoms with Gasteiger partial charge in [-0.1, -0.05) is 51.9 Å². The molecule has 1 aromatic carbocycles. The molecule has 0 aliphatic rings. The molecule has 0 bridgehead atoms. The van der Waals surface area contributed by atoms with Gasteiger partial charge in [0.2, 0.25) is 5.91 Å². The number of carbonyl (C=O) groups is 2. The van der Waals surface area contributed by atoms with Gasteiger partial charge in [0.1, 0.15) is 0 Å². The van der Waals surface area contributed by atoms with E-state index in [0.717, 1.165) is 12.8 Å². The van der Waals surface area contributed by atoms with E-state index in [4.69, 9.17) is 5.73 Å². The third-order valence-corrected chi connectivity index (χ3v) is 4.02. The average molecular weight is 318 g/mol. The van der Waals surface area contributed by atoms with E-state index in [0.29, 0.717) is 17.8 Å². The van der Waals surface area contributed by atoms with Crippen LogP contribution >= 0.6 is 0 Å². The minimum Gasteiger partial charge on any atom is -0.399 e. The lowest BCUT2D eigenvalue weighted by Crippen LogP contribution is -2.36. The van der Waals surface area contributed by atoms with Crippen molar-refractivity contribution in [1.82, 2.24) is 4.90 Å². The third kappa shape index (κ3) is 7.31. The van der Waals surface area contributed by atoms with Crippen molar-refractivity contribution in [2.45, 2.75) is 65.2 Å². The summed E-state index contributed by atoms with van der Waals surface area (Å²) in [6, 6.07) is 6.70. The molecule has 0 atom stereocenters. The number of unbranched alkanes of at least 4 members (excludes halogenated alkanes) is 7. The van der Waals surface area contributed by atoms with E-state index >= 15 is 0 Å². The summed E-state index contributed by atoms with van der Waals surface area (Å²) in [4.78, 5) is 25.5. The van der Waals surface area contributed by atoms with E-state index in [1.54, 1.807) is 24.3 Å². The first-order valence-electron chi connectivity index (χ1n) is 8.74. The summed E-state index contributed by atoms with van der Waals surface area (Å²) >= 11 is 0. The Morgan fingerprint density at radius 2 is 1.43 bits per heavy atom. The number of nitrogens with zero attached hydrogens (tertiary/aromatic N) is 1. The maximum Gasteiger partial charge on any atom is 0.260 e. The standard InChI is InChI=1S/C19H30N2O2/c1-3-4-5-6-7-8-9-10-15-21(16(2)22)19(23)17-11-13-18(20)14-12-17/h11-14H,3-10,15,20H2,1-2H3. The van der Waals surface area contributed by atoms with Crippen LogP contribution in [0.4, 0.5) is 5.69 Å². The maximum atomic E-state index is 12.4. The predicted molar refractivity (Wildman–Crippen MR) is 95.2 cm³/mol. The number of amides is 2. The zero-order chi connectivity index (χ0) is 17.1. The first-order chi connectivity index (χ1) is 11.1. The van der Waals surface area contributed by atoms with E-state index in [-0.39, 0.29) is 11.8 Å². The van der Waals surface area contributed by atoms with Gasteiger partial charge >= 0.3 is 0 Å². The summed E-state index contributed by atoms with van der Waals surface area (Å²) in [5, 5.41) is 0. The van der Waals surface area contributed by atoms with Crippen molar-refractivity contribution >= 4 is 17.5 Å². The van der Waals surface area contributed by atoms with Crippen molar-refractivity contribution < 1.29 is 9.59 Å². The van der Waals surface area contributed by atoms with Crippen LogP contribution < -0.4 is 5.73 Å². The second-order valence-corrected chi connectivity index (χ2v) is 6.07. The van der Waals surface area contributed by atoms with Crippen molar-refractivity contribution in [2.75, 3.05) is 12.3 Å². The van der Waals surface area contributed by atoms with Crippen molar-refractivity contribution in [1.29, 1.82) is 0 Å². The Bertz CT molecular complexity index is 483. The number of hydrogen-bond donors (Lipinski definition) is 1. The highest BCUT2D eigenvalue weighted by molar-refractivity contribution is 6.04. The van der Waals surface area contributed by atoms with Crippen molar-refractivity contribution in [3.05, 3.63) is 29.8 Å². The number of nitrogens with two attached hydrogens (primary N) is 1. The van der Waals surface area contributed by atoms with Crippen molar-refractivity contribution in [2.24, 2.45) is 0 Å². The molecule has 2 N–H and O–H groups in total. The summed E-state index contributed by atoms with van der Waals surface area (Å²) in [6.07, 6.45) is 9.52. The molecular weight excluding hydrogens is 288 g/mol. The zero-order valence-electron chi connectivity index (χ0n) is 14.5. The smallest absolute Gasteiger partial charge is 0.260 e. The topological polar surface area (TPSA) is 63.4 Å². The maximum absolute atomic E-state index is 12.4. The Balaban J connectivity index is 2.36. The molecule has 0 aliphatic heterocycles. The Morgan fingerprint density at radius 3 is 1.96 bits per heavy atom. The summed E-state index contributed by atoms with van der Waals surface area (Å²) in [7, 11) is 0. The molecule has 0 unspecified atom stereocenters. The largest absolute Gasteiger partial charge is 0.399 e. The fourth-order valence-electron chi connectivity index (χ4n) is 2.59. The molecule has 2 amide bonds. The molecule has 0 aliphatic carbocycles. The van der Waals surface area contributed by atoms with Crippen LogP contribution in [-0.2, 0) is 4.79 Å². The Hall–Kier alpha value is -1.84. The highest BCUT2D eigenvalue weighted by Crippen LogP contribution is 2.12. The SMILES string of the molecule is CCCCCCCCCCN(C(C)=O)C(=O)c1ccc(N)cc1. The first kappa shape index (κ1) is 19.2. The number of anilines is 1. The number of nitrogen functional groups attached to an aromatic ring is 1. The van der Waals surface area contributed by atoms with Gasteiger partial charge in [0.05, 0.1) is 0 Å². The third-order valence-electron chi connectivity index (χ3n) is 4.02. The minimum atomic E-state index is -0.236. The van der Waals surface area contributed by atoms with Crippen LogP contribution in [0.2, 0.25) is 0 Å². The molecule has 0 saturated heterocycles. The quantitative estimate of drug-likeness (QED) is 0.514. The number of benzene rings is 1. The fourth-order valence-corrected chi connectivity index (χ4v) is 2.59. The second-order valence-electron chi connectivity index (χ2n) is 6.07. The monoisotopic (exact) mass is 318 g/mol. The van der Waals surface area contributed by atoms with Gasteiger partial charge in [0.15, 0.2) is 0 Å². The van der Waals surface area contributed by atoms with E-state index < -0.39 is 0 Å². The van der Waals surface area contributed by atoms with Gasteiger partial charge in [-0.2, -0.15) is 0 Å². The number of imide groups is 1. The van der Waals surface area contributed by atoms with Gasteiger partial charge in [0, 0.05) is 24.7 Å². The van der Waals surface area contributed by atoms with Crippen molar-refractivity contribution in [3.63, 3.8) is 0 Å². The second kappa shape index (κ2) is 10.8. The van der Waals surface area contributed by atoms with Gasteiger partial charge in [0.25, 0.3) is 5.91 Å². The molecule has 128 valence electrons. The van der Waals surface area contributed by atoms with Crippen molar-refractivity contribution in [3.8, 4) is 0 Å². The average Bonchev–Trinajstić information content (AvgIpc) is 2.53. The lowest BCUT2D eigenvalue weighted by molar-refractivity contribution is -0.126. The Morgan fingerprint density at radius 1 is 0.913 bits per heavy atom. The van der Waals surface area contributed by atoms with Gasteiger partial charge in [-0.25, -0.2) is 0 Å². The predicted octanol–water partition coefficient (Wildman–Crippen LogP) is 4.40. The van der Waals surface area contributed by atoms with E-state index in [1.165, 1.54) is 50.3 Å². The number of carbonyl (C=O) groups excluding carboxylic acids is 2. The van der Waals surface area contributed by atoms with E-state index in [1.807, 2.05) is 0 Å². The number of hydrogen-bond acceptors (Lipinski definition) is 3. The molecule has 1 rings (SSSR count). The van der Waals surface area contributed by atoms with Crippen LogP contribution in [0, 0.1) is 0 Å². The molecule has 0 spiro atoms. The van der Waals surface area contributed by atoms with E-state index in [9.17, 15) is 9.59 Å². The molecular formula is C19H30N2O2. The molecule has 0 aromatic heterocycles. The molecule has 1 aromatic rings. The summed E-state index contributed by atoms with van der Waals surface area (Å²) in [6.45, 7) is 4.15. The zero-order valence-corrected chi connectivity index (χ0v) is 14.5. The summed E-state index contributed by atoms with van der Waals surface area (Å²) in [5.41, 5.74) is 6.75. The minimum absolute atomic E-state index is 0.199. The van der Waals surface area contributed by atoms with Gasteiger partial charge in [-0.3, -0.25) is 14.5 Å². The van der Waals surface area contributed by atoms with Gasteiger partial charge < -0.3 is 5.73 Å². The highest BCUT2D eigenvalue weighted by Gasteiger charge is 2.18. The molecule has 23 heavy (non-hydrogen) atoms. The van der Waals surface area contributed by atoms with Crippen LogP contribution in [0.15, 0.2) is 24.3 Å². The molecule has 4 heteroatoms. The summed E-state index contributed by atoms with van der Waals surface area (Å²) < 4.78 is 0. The van der Waals surface area contributed by atoms with Crippen LogP contribution in [0.1, 0.15) is 75.6 Å². The number of rotatable bonds is 10. The molecule has 0 saturated carbocycles. The summed E-state index contributed by atoms with van der Waals surface area (Å²) in [5.74, 6) is -0.435. The van der Waals surface area contributed by atoms with Gasteiger partial charge in [-0.15, -0.1) is 0 Å². The van der Waals surface area contributed by atoms with Crippen LogP contribution in [0.3, 0.4) is 0 Å². The molecule has 0 heterocycles. The van der Waals surface area contributed by atoms with Gasteiger partial charge in [-0.05, 0) is 30.7 Å².